The van der Waals surface area contributed by atoms with Crippen molar-refractivity contribution in [2.45, 2.75) is 20.4 Å². The molecule has 0 aliphatic heterocycles. The highest BCUT2D eigenvalue weighted by atomic mass is 16.2. The monoisotopic (exact) mass is 375 g/mol. The molecule has 3 rings (SSSR count). The topological polar surface area (TPSA) is 96.0 Å². The van der Waals surface area contributed by atoms with Crippen molar-refractivity contribution in [3.8, 4) is 0 Å². The molecule has 28 heavy (non-hydrogen) atoms. The molecule has 3 aromatic rings. The molecule has 0 aliphatic carbocycles. The lowest BCUT2D eigenvalue weighted by Gasteiger charge is -2.10. The Morgan fingerprint density at radius 2 is 1.61 bits per heavy atom. The number of carbonyl (C=O) groups is 2. The summed E-state index contributed by atoms with van der Waals surface area (Å²) in [6.07, 6.45) is 0. The first kappa shape index (κ1) is 19.0. The van der Waals surface area contributed by atoms with E-state index in [1.54, 1.807) is 37.3 Å². The lowest BCUT2D eigenvalue weighted by molar-refractivity contribution is -0.114. The second-order valence-electron chi connectivity index (χ2n) is 6.24. The summed E-state index contributed by atoms with van der Waals surface area (Å²) >= 11 is 0. The Labute approximate surface area is 163 Å². The molecule has 0 fully saturated rings. The van der Waals surface area contributed by atoms with Crippen molar-refractivity contribution in [3.63, 3.8) is 0 Å². The number of benzene rings is 2. The van der Waals surface area contributed by atoms with Gasteiger partial charge in [0.2, 0.25) is 5.91 Å². The number of carbonyl (C=O) groups excluding carboxylic acids is 2. The number of hydrogen-bond donors (Lipinski definition) is 3. The molecule has 7 heteroatoms. The maximum absolute atomic E-state index is 12.6. The summed E-state index contributed by atoms with van der Waals surface area (Å²) in [4.78, 5) is 32.4. The fourth-order valence-corrected chi connectivity index (χ4v) is 2.64. The van der Waals surface area contributed by atoms with Crippen LogP contribution in [-0.2, 0) is 11.3 Å². The Morgan fingerprint density at radius 1 is 0.893 bits per heavy atom. The van der Waals surface area contributed by atoms with Crippen LogP contribution in [-0.4, -0.2) is 21.8 Å². The largest absolute Gasteiger partial charge is 0.366 e. The van der Waals surface area contributed by atoms with Crippen molar-refractivity contribution in [2.24, 2.45) is 0 Å². The third-order valence-electron chi connectivity index (χ3n) is 3.83. The third-order valence-corrected chi connectivity index (χ3v) is 3.83. The molecule has 0 saturated carbocycles. The number of amides is 2. The van der Waals surface area contributed by atoms with Crippen molar-refractivity contribution < 1.29 is 9.59 Å². The zero-order valence-electron chi connectivity index (χ0n) is 15.7. The molecule has 3 N–H and O–H groups in total. The van der Waals surface area contributed by atoms with Gasteiger partial charge in [-0.05, 0) is 30.7 Å². The van der Waals surface area contributed by atoms with Crippen molar-refractivity contribution in [2.75, 3.05) is 16.0 Å². The Balaban J connectivity index is 1.71. The molecule has 0 bridgehead atoms. The molecule has 1 aromatic heterocycles. The summed E-state index contributed by atoms with van der Waals surface area (Å²) in [5.41, 5.74) is 2.54. The second kappa shape index (κ2) is 8.77. The Kier molecular flexibility index (Phi) is 5.96. The van der Waals surface area contributed by atoms with Gasteiger partial charge in [-0.15, -0.1) is 0 Å². The van der Waals surface area contributed by atoms with E-state index in [4.69, 9.17) is 0 Å². The molecule has 7 nitrogen and oxygen atoms in total. The Bertz CT molecular complexity index is 989. The summed E-state index contributed by atoms with van der Waals surface area (Å²) < 4.78 is 0. The number of anilines is 3. The van der Waals surface area contributed by atoms with Crippen LogP contribution < -0.4 is 16.0 Å². The fourth-order valence-electron chi connectivity index (χ4n) is 2.64. The van der Waals surface area contributed by atoms with Crippen molar-refractivity contribution >= 4 is 29.0 Å². The highest BCUT2D eigenvalue weighted by molar-refractivity contribution is 6.03. The fraction of sp³-hybridized carbons (Fsp3) is 0.143. The van der Waals surface area contributed by atoms with Gasteiger partial charge in [0.15, 0.2) is 0 Å². The van der Waals surface area contributed by atoms with Crippen LogP contribution in [0.1, 0.15) is 28.8 Å². The molecule has 0 spiro atoms. The first-order chi connectivity index (χ1) is 13.5. The van der Waals surface area contributed by atoms with E-state index in [9.17, 15) is 9.59 Å². The van der Waals surface area contributed by atoms with E-state index in [1.165, 1.54) is 6.92 Å². The number of nitrogens with zero attached hydrogens (tertiary/aromatic N) is 2. The highest BCUT2D eigenvalue weighted by Crippen LogP contribution is 2.17. The molecule has 2 aromatic carbocycles. The zero-order chi connectivity index (χ0) is 19.9. The summed E-state index contributed by atoms with van der Waals surface area (Å²) in [5.74, 6) is 0.543. The Hall–Kier alpha value is -3.74. The van der Waals surface area contributed by atoms with Gasteiger partial charge in [0.1, 0.15) is 17.3 Å². The SMILES string of the molecule is CC(=O)Nc1cccc(NC(=O)c2cc(NCc3ccccc3)nc(C)n2)c1. The van der Waals surface area contributed by atoms with Crippen LogP contribution in [0.3, 0.4) is 0 Å². The molecule has 0 radical (unpaired) electrons. The Morgan fingerprint density at radius 3 is 2.32 bits per heavy atom. The first-order valence-electron chi connectivity index (χ1n) is 8.82. The van der Waals surface area contributed by atoms with Gasteiger partial charge in [-0.1, -0.05) is 36.4 Å². The third kappa shape index (κ3) is 5.38. The van der Waals surface area contributed by atoms with E-state index in [0.717, 1.165) is 5.56 Å². The lowest BCUT2D eigenvalue weighted by atomic mass is 10.2. The molecule has 1 heterocycles. The molecular formula is C21H21N5O2. The number of aryl methyl sites for hydroxylation is 1. The molecule has 0 atom stereocenters. The molecule has 0 saturated heterocycles. The molecule has 142 valence electrons. The second-order valence-corrected chi connectivity index (χ2v) is 6.24. The number of hydrogen-bond acceptors (Lipinski definition) is 5. The van der Waals surface area contributed by atoms with Gasteiger partial charge in [0.05, 0.1) is 0 Å². The van der Waals surface area contributed by atoms with Gasteiger partial charge in [-0.3, -0.25) is 9.59 Å². The van der Waals surface area contributed by atoms with Gasteiger partial charge in [-0.25, -0.2) is 9.97 Å². The number of nitrogens with one attached hydrogen (secondary N) is 3. The minimum atomic E-state index is -0.353. The van der Waals surface area contributed by atoms with Crippen molar-refractivity contribution in [1.29, 1.82) is 0 Å². The van der Waals surface area contributed by atoms with E-state index in [2.05, 4.69) is 25.9 Å². The number of rotatable bonds is 6. The van der Waals surface area contributed by atoms with Crippen LogP contribution in [0.15, 0.2) is 60.7 Å². The van der Waals surface area contributed by atoms with Crippen LogP contribution >= 0.6 is 0 Å². The van der Waals surface area contributed by atoms with Crippen LogP contribution in [0, 0.1) is 6.92 Å². The van der Waals surface area contributed by atoms with Gasteiger partial charge in [0, 0.05) is 30.9 Å². The van der Waals surface area contributed by atoms with Gasteiger partial charge in [0.25, 0.3) is 5.91 Å². The standard InChI is InChI=1S/C21H21N5O2/c1-14-23-19(12-20(24-14)22-13-16-7-4-3-5-8-16)21(28)26-18-10-6-9-17(11-18)25-15(2)27/h3-12H,13H2,1-2H3,(H,25,27)(H,26,28)(H,22,23,24). The maximum atomic E-state index is 12.6. The average Bonchev–Trinajstić information content (AvgIpc) is 2.66. The maximum Gasteiger partial charge on any atom is 0.274 e. The van der Waals surface area contributed by atoms with Crippen molar-refractivity contribution in [3.05, 3.63) is 77.7 Å². The minimum absolute atomic E-state index is 0.177. The van der Waals surface area contributed by atoms with E-state index in [1.807, 2.05) is 30.3 Å². The van der Waals surface area contributed by atoms with Crippen LogP contribution in [0.2, 0.25) is 0 Å². The lowest BCUT2D eigenvalue weighted by Crippen LogP contribution is -2.16. The van der Waals surface area contributed by atoms with E-state index >= 15 is 0 Å². The summed E-state index contributed by atoms with van der Waals surface area (Å²) in [6, 6.07) is 18.5. The smallest absolute Gasteiger partial charge is 0.274 e. The molecule has 0 unspecified atom stereocenters. The normalized spacial score (nSPS) is 10.2. The predicted octanol–water partition coefficient (Wildman–Crippen LogP) is 3.61. The molecule has 2 amide bonds. The summed E-state index contributed by atoms with van der Waals surface area (Å²) in [7, 11) is 0. The highest BCUT2D eigenvalue weighted by Gasteiger charge is 2.11. The van der Waals surface area contributed by atoms with Gasteiger partial charge < -0.3 is 16.0 Å². The molecular weight excluding hydrogens is 354 g/mol. The average molecular weight is 375 g/mol. The van der Waals surface area contributed by atoms with Crippen LogP contribution in [0.5, 0.6) is 0 Å². The quantitative estimate of drug-likeness (QED) is 0.612. The summed E-state index contributed by atoms with van der Waals surface area (Å²) in [5, 5.41) is 8.69. The van der Waals surface area contributed by atoms with E-state index in [-0.39, 0.29) is 17.5 Å². The zero-order valence-corrected chi connectivity index (χ0v) is 15.7. The van der Waals surface area contributed by atoms with E-state index in [0.29, 0.717) is 29.6 Å². The first-order valence-corrected chi connectivity index (χ1v) is 8.82. The van der Waals surface area contributed by atoms with E-state index < -0.39 is 0 Å². The van der Waals surface area contributed by atoms with Gasteiger partial charge in [-0.2, -0.15) is 0 Å². The molecule has 0 aliphatic rings. The summed E-state index contributed by atoms with van der Waals surface area (Å²) in [6.45, 7) is 3.76. The minimum Gasteiger partial charge on any atom is -0.366 e. The number of aromatic nitrogens is 2. The van der Waals surface area contributed by atoms with Crippen LogP contribution in [0.25, 0.3) is 0 Å². The van der Waals surface area contributed by atoms with Crippen molar-refractivity contribution in [1.82, 2.24) is 9.97 Å². The van der Waals surface area contributed by atoms with Crippen LogP contribution in [0.4, 0.5) is 17.2 Å². The predicted molar refractivity (Wildman–Crippen MR) is 109 cm³/mol. The van der Waals surface area contributed by atoms with Gasteiger partial charge >= 0.3 is 0 Å².